The molecule has 2 aromatic carbocycles. The average molecular weight is 247 g/mol. The van der Waals surface area contributed by atoms with Crippen LogP contribution in [0.3, 0.4) is 0 Å². The molecule has 0 fully saturated rings. The summed E-state index contributed by atoms with van der Waals surface area (Å²) < 4.78 is 0. The van der Waals surface area contributed by atoms with Crippen LogP contribution in [0.4, 0.5) is 11.4 Å². The number of hydrogen-bond acceptors (Lipinski definition) is 2. The highest BCUT2D eigenvalue weighted by molar-refractivity contribution is 6.33. The van der Waals surface area contributed by atoms with Gasteiger partial charge in [-0.2, -0.15) is 0 Å². The van der Waals surface area contributed by atoms with Crippen LogP contribution in [0, 0.1) is 0 Å². The molecule has 17 heavy (non-hydrogen) atoms. The lowest BCUT2D eigenvalue weighted by Crippen LogP contribution is -2.05. The molecule has 0 aliphatic carbocycles. The van der Waals surface area contributed by atoms with Gasteiger partial charge in [0.25, 0.3) is 0 Å². The molecular formula is C14H15ClN2. The molecule has 3 heteroatoms. The first-order valence-electron chi connectivity index (χ1n) is 5.58. The van der Waals surface area contributed by atoms with Crippen molar-refractivity contribution >= 4 is 23.0 Å². The number of nitrogens with two attached hydrogens (primary N) is 1. The maximum Gasteiger partial charge on any atom is 0.0637 e. The quantitative estimate of drug-likeness (QED) is 0.810. The van der Waals surface area contributed by atoms with Gasteiger partial charge >= 0.3 is 0 Å². The van der Waals surface area contributed by atoms with Crippen molar-refractivity contribution in [2.45, 2.75) is 6.42 Å². The molecule has 2 aromatic rings. The molecule has 2 rings (SSSR count). The van der Waals surface area contributed by atoms with Gasteiger partial charge in [-0.15, -0.1) is 0 Å². The maximum absolute atomic E-state index is 6.05. The molecular weight excluding hydrogens is 232 g/mol. The number of hydrogen-bond donors (Lipinski definition) is 2. The van der Waals surface area contributed by atoms with Gasteiger partial charge in [-0.25, -0.2) is 0 Å². The first-order chi connectivity index (χ1) is 8.25. The molecule has 0 spiro atoms. The number of benzene rings is 2. The second-order valence-electron chi connectivity index (χ2n) is 3.90. The molecule has 0 saturated heterocycles. The van der Waals surface area contributed by atoms with Crippen LogP contribution in [0.1, 0.15) is 5.56 Å². The van der Waals surface area contributed by atoms with Gasteiger partial charge in [0.2, 0.25) is 0 Å². The SMILES string of the molecule is Nc1cccc(CCNc2ccccc2Cl)c1. The molecule has 0 radical (unpaired) electrons. The summed E-state index contributed by atoms with van der Waals surface area (Å²) in [5.74, 6) is 0. The van der Waals surface area contributed by atoms with Crippen LogP contribution in [0.5, 0.6) is 0 Å². The van der Waals surface area contributed by atoms with Gasteiger partial charge in [-0.05, 0) is 36.2 Å². The zero-order valence-electron chi connectivity index (χ0n) is 9.49. The molecule has 0 aromatic heterocycles. The Bertz CT molecular complexity index is 497. The first kappa shape index (κ1) is 11.8. The third-order valence-electron chi connectivity index (χ3n) is 2.55. The van der Waals surface area contributed by atoms with Gasteiger partial charge < -0.3 is 11.1 Å². The summed E-state index contributed by atoms with van der Waals surface area (Å²) in [6.45, 7) is 0.840. The van der Waals surface area contributed by atoms with Gasteiger partial charge in [0.15, 0.2) is 0 Å². The lowest BCUT2D eigenvalue weighted by atomic mass is 10.1. The average Bonchev–Trinajstić information content (AvgIpc) is 2.32. The Balaban J connectivity index is 1.90. The Morgan fingerprint density at radius 2 is 1.88 bits per heavy atom. The highest BCUT2D eigenvalue weighted by atomic mass is 35.5. The molecule has 2 nitrogen and oxygen atoms in total. The van der Waals surface area contributed by atoms with Crippen molar-refractivity contribution in [2.24, 2.45) is 0 Å². The first-order valence-corrected chi connectivity index (χ1v) is 5.96. The summed E-state index contributed by atoms with van der Waals surface area (Å²) in [4.78, 5) is 0. The highest BCUT2D eigenvalue weighted by Crippen LogP contribution is 2.20. The van der Waals surface area contributed by atoms with E-state index >= 15 is 0 Å². The van der Waals surface area contributed by atoms with E-state index < -0.39 is 0 Å². The number of para-hydroxylation sites is 1. The minimum atomic E-state index is 0.750. The van der Waals surface area contributed by atoms with Crippen LogP contribution in [-0.2, 0) is 6.42 Å². The number of nitrogens with one attached hydrogen (secondary N) is 1. The van der Waals surface area contributed by atoms with Gasteiger partial charge in [0.1, 0.15) is 0 Å². The minimum Gasteiger partial charge on any atom is -0.399 e. The standard InChI is InChI=1S/C14H15ClN2/c15-13-6-1-2-7-14(13)17-9-8-11-4-3-5-12(16)10-11/h1-7,10,17H,8-9,16H2. The Kier molecular flexibility index (Phi) is 3.89. The highest BCUT2D eigenvalue weighted by Gasteiger charge is 1.98. The van der Waals surface area contributed by atoms with Crippen LogP contribution in [0.25, 0.3) is 0 Å². The summed E-state index contributed by atoms with van der Waals surface area (Å²) >= 11 is 6.05. The molecule has 0 bridgehead atoms. The van der Waals surface area contributed by atoms with Crippen molar-refractivity contribution < 1.29 is 0 Å². The smallest absolute Gasteiger partial charge is 0.0637 e. The van der Waals surface area contributed by atoms with Crippen molar-refractivity contribution in [1.82, 2.24) is 0 Å². The van der Waals surface area contributed by atoms with E-state index in [4.69, 9.17) is 17.3 Å². The van der Waals surface area contributed by atoms with Crippen LogP contribution in [-0.4, -0.2) is 6.54 Å². The van der Waals surface area contributed by atoms with E-state index in [-0.39, 0.29) is 0 Å². The largest absolute Gasteiger partial charge is 0.399 e. The van der Waals surface area contributed by atoms with E-state index in [1.54, 1.807) is 0 Å². The molecule has 0 atom stereocenters. The van der Waals surface area contributed by atoms with E-state index in [0.29, 0.717) is 0 Å². The monoisotopic (exact) mass is 246 g/mol. The summed E-state index contributed by atoms with van der Waals surface area (Å²) in [6, 6.07) is 15.7. The molecule has 0 saturated carbocycles. The van der Waals surface area contributed by atoms with E-state index in [1.165, 1.54) is 5.56 Å². The van der Waals surface area contributed by atoms with Crippen molar-refractivity contribution in [3.63, 3.8) is 0 Å². The second kappa shape index (κ2) is 5.60. The number of halogens is 1. The predicted molar refractivity (Wildman–Crippen MR) is 74.5 cm³/mol. The Morgan fingerprint density at radius 3 is 2.65 bits per heavy atom. The second-order valence-corrected chi connectivity index (χ2v) is 4.31. The summed E-state index contributed by atoms with van der Waals surface area (Å²) in [6.07, 6.45) is 0.927. The van der Waals surface area contributed by atoms with Gasteiger partial charge in [-0.3, -0.25) is 0 Å². The predicted octanol–water partition coefficient (Wildman–Crippen LogP) is 3.58. The van der Waals surface area contributed by atoms with Gasteiger partial charge in [0, 0.05) is 12.2 Å². The van der Waals surface area contributed by atoms with Crippen LogP contribution >= 0.6 is 11.6 Å². The van der Waals surface area contributed by atoms with Gasteiger partial charge in [-0.1, -0.05) is 35.9 Å². The van der Waals surface area contributed by atoms with Crippen LogP contribution in [0.2, 0.25) is 5.02 Å². The van der Waals surface area contributed by atoms with E-state index in [1.807, 2.05) is 42.5 Å². The van der Waals surface area contributed by atoms with Crippen LogP contribution in [0.15, 0.2) is 48.5 Å². The molecule has 0 aliphatic heterocycles. The van der Waals surface area contributed by atoms with Crippen molar-refractivity contribution in [2.75, 3.05) is 17.6 Å². The Labute approximate surface area is 106 Å². The summed E-state index contributed by atoms with van der Waals surface area (Å²) in [5, 5.41) is 4.06. The van der Waals surface area contributed by atoms with E-state index in [0.717, 1.165) is 29.4 Å². The number of anilines is 2. The topological polar surface area (TPSA) is 38.0 Å². The Morgan fingerprint density at radius 1 is 1.06 bits per heavy atom. The summed E-state index contributed by atoms with van der Waals surface area (Å²) in [5.41, 5.74) is 8.73. The fraction of sp³-hybridized carbons (Fsp3) is 0.143. The lowest BCUT2D eigenvalue weighted by molar-refractivity contribution is 1.02. The van der Waals surface area contributed by atoms with Gasteiger partial charge in [0.05, 0.1) is 10.7 Å². The van der Waals surface area contributed by atoms with Crippen molar-refractivity contribution in [3.8, 4) is 0 Å². The number of nitrogen functional groups attached to an aromatic ring is 1. The maximum atomic E-state index is 6.05. The van der Waals surface area contributed by atoms with E-state index in [2.05, 4.69) is 11.4 Å². The molecule has 0 amide bonds. The fourth-order valence-electron chi connectivity index (χ4n) is 1.69. The molecule has 88 valence electrons. The van der Waals surface area contributed by atoms with Crippen molar-refractivity contribution in [1.29, 1.82) is 0 Å². The molecule has 0 heterocycles. The summed E-state index contributed by atoms with van der Waals surface area (Å²) in [7, 11) is 0. The zero-order chi connectivity index (χ0) is 12.1. The molecule has 0 unspecified atom stereocenters. The number of rotatable bonds is 4. The Hall–Kier alpha value is -1.67. The van der Waals surface area contributed by atoms with Crippen molar-refractivity contribution in [3.05, 3.63) is 59.1 Å². The third-order valence-corrected chi connectivity index (χ3v) is 2.88. The van der Waals surface area contributed by atoms with Crippen LogP contribution < -0.4 is 11.1 Å². The lowest BCUT2D eigenvalue weighted by Gasteiger charge is -2.08. The zero-order valence-corrected chi connectivity index (χ0v) is 10.2. The van der Waals surface area contributed by atoms with E-state index in [9.17, 15) is 0 Å². The third kappa shape index (κ3) is 3.40. The minimum absolute atomic E-state index is 0.750. The molecule has 3 N–H and O–H groups in total. The molecule has 0 aliphatic rings. The fourth-order valence-corrected chi connectivity index (χ4v) is 1.90. The normalized spacial score (nSPS) is 10.2.